The van der Waals surface area contributed by atoms with E-state index in [2.05, 4.69) is 5.32 Å². The molecule has 7 nitrogen and oxygen atoms in total. The highest BCUT2D eigenvalue weighted by molar-refractivity contribution is 5.86. The Hall–Kier alpha value is -2.02. The maximum Gasteiger partial charge on any atom is 0.332 e. The number of amides is 2. The largest absolute Gasteiger partial charge is 0.479 e. The molecule has 20 heavy (non-hydrogen) atoms. The Morgan fingerprint density at radius 2 is 2.25 bits per heavy atom. The van der Waals surface area contributed by atoms with Crippen molar-refractivity contribution < 1.29 is 23.8 Å². The van der Waals surface area contributed by atoms with Crippen molar-refractivity contribution in [3.8, 4) is 0 Å². The molecular weight excluding hydrogens is 264 g/mol. The Balaban J connectivity index is 1.98. The van der Waals surface area contributed by atoms with Gasteiger partial charge in [0.15, 0.2) is 5.54 Å². The average molecular weight is 282 g/mol. The van der Waals surface area contributed by atoms with Crippen molar-refractivity contribution in [3.63, 3.8) is 0 Å². The lowest BCUT2D eigenvalue weighted by Crippen LogP contribution is -2.57. The van der Waals surface area contributed by atoms with E-state index in [1.54, 1.807) is 13.1 Å². The number of carbonyl (C=O) groups excluding carboxylic acids is 1. The molecule has 2 N–H and O–H groups in total. The number of hydrogen-bond donors (Lipinski definition) is 2. The van der Waals surface area contributed by atoms with Crippen LogP contribution in [0.5, 0.6) is 0 Å². The van der Waals surface area contributed by atoms with Crippen LogP contribution in [0.4, 0.5) is 4.79 Å². The predicted molar refractivity (Wildman–Crippen MR) is 69.2 cm³/mol. The lowest BCUT2D eigenvalue weighted by atomic mass is 9.99. The molecule has 0 aliphatic carbocycles. The second kappa shape index (κ2) is 5.54. The van der Waals surface area contributed by atoms with Gasteiger partial charge in [-0.2, -0.15) is 0 Å². The monoisotopic (exact) mass is 282 g/mol. The Kier molecular flexibility index (Phi) is 3.99. The summed E-state index contributed by atoms with van der Waals surface area (Å²) in [6.45, 7) is 2.41. The second-order valence-corrected chi connectivity index (χ2v) is 4.99. The van der Waals surface area contributed by atoms with Crippen molar-refractivity contribution in [1.29, 1.82) is 0 Å². The van der Waals surface area contributed by atoms with Crippen LogP contribution in [0.25, 0.3) is 0 Å². The van der Waals surface area contributed by atoms with Gasteiger partial charge in [0.2, 0.25) is 0 Å². The fourth-order valence-corrected chi connectivity index (χ4v) is 2.06. The number of hydrogen-bond acceptors (Lipinski definition) is 4. The van der Waals surface area contributed by atoms with E-state index >= 15 is 0 Å². The molecule has 0 spiro atoms. The van der Waals surface area contributed by atoms with E-state index in [4.69, 9.17) is 9.15 Å². The summed E-state index contributed by atoms with van der Waals surface area (Å²) in [5.41, 5.74) is -1.33. The van der Waals surface area contributed by atoms with Gasteiger partial charge in [-0.25, -0.2) is 9.59 Å². The molecule has 110 valence electrons. The van der Waals surface area contributed by atoms with Gasteiger partial charge in [-0.05, 0) is 19.1 Å². The molecule has 0 radical (unpaired) electrons. The molecule has 1 saturated heterocycles. The molecule has 2 rings (SSSR count). The summed E-state index contributed by atoms with van der Waals surface area (Å²) < 4.78 is 10.5. The number of carbonyl (C=O) groups is 2. The fourth-order valence-electron chi connectivity index (χ4n) is 2.06. The van der Waals surface area contributed by atoms with Crippen LogP contribution in [-0.2, 0) is 16.1 Å². The summed E-state index contributed by atoms with van der Waals surface area (Å²) in [5, 5.41) is 11.8. The lowest BCUT2D eigenvalue weighted by molar-refractivity contribution is -0.144. The Labute approximate surface area is 116 Å². The van der Waals surface area contributed by atoms with Gasteiger partial charge >= 0.3 is 12.0 Å². The van der Waals surface area contributed by atoms with Crippen molar-refractivity contribution in [1.82, 2.24) is 10.2 Å². The van der Waals surface area contributed by atoms with Crippen molar-refractivity contribution >= 4 is 12.0 Å². The van der Waals surface area contributed by atoms with Gasteiger partial charge in [-0.1, -0.05) is 0 Å². The SMILES string of the molecule is Cc1ccc(CN(C)C(=O)NC2(C(=O)O)CCOC2)o1. The van der Waals surface area contributed by atoms with Crippen LogP contribution in [0, 0.1) is 6.92 Å². The third-order valence-electron chi connectivity index (χ3n) is 3.31. The topological polar surface area (TPSA) is 92.0 Å². The number of aryl methyl sites for hydroxylation is 1. The normalized spacial score (nSPS) is 21.7. The van der Waals surface area contributed by atoms with Crippen molar-refractivity contribution in [2.75, 3.05) is 20.3 Å². The molecule has 2 heterocycles. The van der Waals surface area contributed by atoms with Gasteiger partial charge in [0.25, 0.3) is 0 Å². The molecule has 1 aliphatic heterocycles. The average Bonchev–Trinajstić information content (AvgIpc) is 2.99. The molecule has 1 aliphatic rings. The van der Waals surface area contributed by atoms with Gasteiger partial charge in [0.1, 0.15) is 11.5 Å². The molecule has 2 amide bonds. The smallest absolute Gasteiger partial charge is 0.332 e. The maximum absolute atomic E-state index is 12.1. The van der Waals surface area contributed by atoms with Gasteiger partial charge < -0.3 is 24.5 Å². The molecule has 0 saturated carbocycles. The highest BCUT2D eigenvalue weighted by atomic mass is 16.5. The zero-order chi connectivity index (χ0) is 14.8. The van der Waals surface area contributed by atoms with Crippen LogP contribution < -0.4 is 5.32 Å². The number of aliphatic carboxylic acids is 1. The number of urea groups is 1. The summed E-state index contributed by atoms with van der Waals surface area (Å²) in [5.74, 6) is 0.331. The van der Waals surface area contributed by atoms with Crippen molar-refractivity contribution in [2.24, 2.45) is 0 Å². The van der Waals surface area contributed by atoms with E-state index in [0.29, 0.717) is 12.4 Å². The number of ether oxygens (including phenoxy) is 1. The van der Waals surface area contributed by atoms with E-state index in [1.807, 2.05) is 13.0 Å². The molecule has 1 atom stereocenters. The van der Waals surface area contributed by atoms with Crippen LogP contribution in [0.1, 0.15) is 17.9 Å². The predicted octanol–water partition coefficient (Wildman–Crippen LogP) is 0.973. The van der Waals surface area contributed by atoms with Crippen molar-refractivity contribution in [2.45, 2.75) is 25.4 Å². The summed E-state index contributed by atoms with van der Waals surface area (Å²) in [4.78, 5) is 24.8. The Morgan fingerprint density at radius 1 is 1.50 bits per heavy atom. The highest BCUT2D eigenvalue weighted by Crippen LogP contribution is 2.19. The number of rotatable bonds is 4. The fraction of sp³-hybridized carbons (Fsp3) is 0.538. The van der Waals surface area contributed by atoms with Crippen molar-refractivity contribution in [3.05, 3.63) is 23.7 Å². The molecular formula is C13H18N2O5. The summed E-state index contributed by atoms with van der Waals surface area (Å²) >= 11 is 0. The van der Waals surface area contributed by atoms with Gasteiger partial charge in [0.05, 0.1) is 13.2 Å². The van der Waals surface area contributed by atoms with E-state index < -0.39 is 17.5 Å². The maximum atomic E-state index is 12.1. The van der Waals surface area contributed by atoms with Gasteiger partial charge in [-0.15, -0.1) is 0 Å². The first-order chi connectivity index (χ1) is 9.43. The van der Waals surface area contributed by atoms with Gasteiger partial charge in [-0.3, -0.25) is 0 Å². The number of carboxylic acids is 1. The summed E-state index contributed by atoms with van der Waals surface area (Å²) in [6, 6.07) is 3.13. The first-order valence-electron chi connectivity index (χ1n) is 6.33. The Bertz CT molecular complexity index is 505. The molecule has 1 aromatic rings. The van der Waals surface area contributed by atoms with Crippen LogP contribution in [0.2, 0.25) is 0 Å². The van der Waals surface area contributed by atoms with E-state index in [0.717, 1.165) is 5.76 Å². The van der Waals surface area contributed by atoms with E-state index in [1.165, 1.54) is 4.90 Å². The quantitative estimate of drug-likeness (QED) is 0.858. The first kappa shape index (κ1) is 14.4. The molecule has 7 heteroatoms. The molecule has 1 unspecified atom stereocenters. The van der Waals surface area contributed by atoms with Crippen LogP contribution in [-0.4, -0.2) is 47.8 Å². The first-order valence-corrected chi connectivity index (χ1v) is 6.33. The third-order valence-corrected chi connectivity index (χ3v) is 3.31. The van der Waals surface area contributed by atoms with Crippen LogP contribution in [0.3, 0.4) is 0 Å². The van der Waals surface area contributed by atoms with E-state index in [-0.39, 0.29) is 19.6 Å². The summed E-state index contributed by atoms with van der Waals surface area (Å²) in [6.07, 6.45) is 0.266. The third kappa shape index (κ3) is 2.93. The molecule has 0 bridgehead atoms. The molecule has 1 fully saturated rings. The zero-order valence-corrected chi connectivity index (χ0v) is 11.5. The molecule has 0 aromatic carbocycles. The lowest BCUT2D eigenvalue weighted by Gasteiger charge is -2.27. The second-order valence-electron chi connectivity index (χ2n) is 4.99. The molecule has 1 aromatic heterocycles. The zero-order valence-electron chi connectivity index (χ0n) is 11.5. The summed E-state index contributed by atoms with van der Waals surface area (Å²) in [7, 11) is 1.58. The van der Waals surface area contributed by atoms with Crippen LogP contribution >= 0.6 is 0 Å². The standard InChI is InChI=1S/C13H18N2O5/c1-9-3-4-10(20-9)7-15(2)12(18)14-13(11(16)17)5-6-19-8-13/h3-4H,5-8H2,1-2H3,(H,14,18)(H,16,17). The minimum atomic E-state index is -1.33. The minimum Gasteiger partial charge on any atom is -0.479 e. The van der Waals surface area contributed by atoms with Crippen LogP contribution in [0.15, 0.2) is 16.5 Å². The van der Waals surface area contributed by atoms with Gasteiger partial charge in [0, 0.05) is 20.1 Å². The number of nitrogens with one attached hydrogen (secondary N) is 1. The minimum absolute atomic E-state index is 0.0121. The highest BCUT2D eigenvalue weighted by Gasteiger charge is 2.44. The number of carboxylic acid groups (broad SMARTS) is 1. The number of nitrogens with zero attached hydrogens (tertiary/aromatic N) is 1. The number of furan rings is 1. The van der Waals surface area contributed by atoms with E-state index in [9.17, 15) is 14.7 Å². The Morgan fingerprint density at radius 3 is 2.75 bits per heavy atom.